The lowest BCUT2D eigenvalue weighted by Gasteiger charge is -2.14. The third kappa shape index (κ3) is 4.20. The van der Waals surface area contributed by atoms with Crippen LogP contribution in [0.15, 0.2) is 109 Å². The van der Waals surface area contributed by atoms with Crippen molar-refractivity contribution in [2.45, 2.75) is 6.54 Å². The molecule has 0 atom stereocenters. The molecule has 1 heterocycles. The Balaban J connectivity index is 1.78. The average molecular weight is 455 g/mol. The van der Waals surface area contributed by atoms with Gasteiger partial charge in [-0.1, -0.05) is 96.0 Å². The zero-order valence-electron chi connectivity index (χ0n) is 17.2. The van der Waals surface area contributed by atoms with E-state index in [0.717, 1.165) is 44.5 Å². The monoisotopic (exact) mass is 454 g/mol. The van der Waals surface area contributed by atoms with Gasteiger partial charge in [-0.3, -0.25) is 0 Å². The zero-order chi connectivity index (χ0) is 21.9. The molecule has 0 aliphatic rings. The zero-order valence-corrected chi connectivity index (χ0v) is 18.8. The maximum Gasteiger partial charge on any atom is 0.141 e. The Morgan fingerprint density at radius 1 is 0.562 bits per heavy atom. The second kappa shape index (κ2) is 9.04. The van der Waals surface area contributed by atoms with E-state index in [1.807, 2.05) is 60.7 Å². The highest BCUT2D eigenvalue weighted by Crippen LogP contribution is 2.37. The molecule has 0 fully saturated rings. The number of aromatic nitrogens is 2. The van der Waals surface area contributed by atoms with E-state index in [9.17, 15) is 0 Å². The molecule has 0 saturated carbocycles. The molecule has 4 heteroatoms. The highest BCUT2D eigenvalue weighted by Gasteiger charge is 2.21. The van der Waals surface area contributed by atoms with Gasteiger partial charge < -0.3 is 4.57 Å². The summed E-state index contributed by atoms with van der Waals surface area (Å²) in [5.41, 5.74) is 6.40. The molecule has 0 aliphatic heterocycles. The van der Waals surface area contributed by atoms with E-state index in [1.54, 1.807) is 0 Å². The third-order valence-electron chi connectivity index (χ3n) is 5.42. The Hall–Kier alpha value is -3.33. The molecule has 0 bridgehead atoms. The molecular formula is C28H20Cl2N2. The third-order valence-corrected chi connectivity index (χ3v) is 5.92. The van der Waals surface area contributed by atoms with Crippen LogP contribution in [-0.4, -0.2) is 9.55 Å². The van der Waals surface area contributed by atoms with Gasteiger partial charge in [0.15, 0.2) is 0 Å². The van der Waals surface area contributed by atoms with Gasteiger partial charge in [-0.25, -0.2) is 4.98 Å². The lowest BCUT2D eigenvalue weighted by atomic mass is 10.0. The van der Waals surface area contributed by atoms with Crippen LogP contribution in [0.1, 0.15) is 5.56 Å². The summed E-state index contributed by atoms with van der Waals surface area (Å²) in [7, 11) is 0. The van der Waals surface area contributed by atoms with Crippen molar-refractivity contribution in [3.8, 4) is 33.9 Å². The summed E-state index contributed by atoms with van der Waals surface area (Å²) >= 11 is 12.3. The molecule has 0 unspecified atom stereocenters. The number of benzene rings is 4. The predicted molar refractivity (Wildman–Crippen MR) is 134 cm³/mol. The number of nitrogens with zero attached hydrogens (tertiary/aromatic N) is 2. The molecule has 0 radical (unpaired) electrons. The minimum atomic E-state index is 0.666. The fraction of sp³-hybridized carbons (Fsp3) is 0.0357. The minimum Gasteiger partial charge on any atom is -0.319 e. The quantitative estimate of drug-likeness (QED) is 0.261. The summed E-state index contributed by atoms with van der Waals surface area (Å²) in [5.74, 6) is 0.898. The van der Waals surface area contributed by atoms with E-state index in [4.69, 9.17) is 28.2 Å². The van der Waals surface area contributed by atoms with E-state index in [-0.39, 0.29) is 0 Å². The molecule has 0 N–H and O–H groups in total. The van der Waals surface area contributed by atoms with E-state index < -0.39 is 0 Å². The van der Waals surface area contributed by atoms with Crippen molar-refractivity contribution in [2.24, 2.45) is 0 Å². The van der Waals surface area contributed by atoms with Crippen molar-refractivity contribution in [3.05, 3.63) is 125 Å². The number of hydrogen-bond donors (Lipinski definition) is 0. The first-order valence-electron chi connectivity index (χ1n) is 10.4. The summed E-state index contributed by atoms with van der Waals surface area (Å²) in [4.78, 5) is 5.16. The Bertz CT molecular complexity index is 1320. The summed E-state index contributed by atoms with van der Waals surface area (Å²) < 4.78 is 2.28. The lowest BCUT2D eigenvalue weighted by Crippen LogP contribution is -2.04. The first-order chi connectivity index (χ1) is 15.7. The summed E-state index contributed by atoms with van der Waals surface area (Å²) in [6, 6.07) is 36.6. The molecule has 1 aromatic heterocycles. The molecule has 5 rings (SSSR count). The van der Waals surface area contributed by atoms with Gasteiger partial charge in [0.25, 0.3) is 0 Å². The van der Waals surface area contributed by atoms with Gasteiger partial charge in [0.05, 0.1) is 11.4 Å². The van der Waals surface area contributed by atoms with Crippen LogP contribution in [0, 0.1) is 0 Å². The van der Waals surface area contributed by atoms with Crippen LogP contribution < -0.4 is 0 Å². The van der Waals surface area contributed by atoms with Crippen LogP contribution in [0.3, 0.4) is 0 Å². The van der Waals surface area contributed by atoms with Gasteiger partial charge in [-0.15, -0.1) is 0 Å². The summed E-state index contributed by atoms with van der Waals surface area (Å²) in [6.07, 6.45) is 0. The molecule has 156 valence electrons. The topological polar surface area (TPSA) is 17.8 Å². The molecule has 0 amide bonds. The van der Waals surface area contributed by atoms with Crippen LogP contribution >= 0.6 is 23.2 Å². The van der Waals surface area contributed by atoms with Crippen LogP contribution in [0.5, 0.6) is 0 Å². The second-order valence-electron chi connectivity index (χ2n) is 7.58. The molecule has 0 aliphatic carbocycles. The maximum atomic E-state index is 6.17. The minimum absolute atomic E-state index is 0.666. The van der Waals surface area contributed by atoms with Crippen molar-refractivity contribution in [2.75, 3.05) is 0 Å². The van der Waals surface area contributed by atoms with Crippen LogP contribution in [0.2, 0.25) is 10.0 Å². The maximum absolute atomic E-state index is 6.17. The first kappa shape index (κ1) is 20.6. The summed E-state index contributed by atoms with van der Waals surface area (Å²) in [5, 5.41) is 1.43. The predicted octanol–water partition coefficient (Wildman–Crippen LogP) is 8.24. The van der Waals surface area contributed by atoms with Crippen molar-refractivity contribution in [3.63, 3.8) is 0 Å². The van der Waals surface area contributed by atoms with Gasteiger partial charge in [-0.05, 0) is 42.0 Å². The largest absolute Gasteiger partial charge is 0.319 e. The number of halogens is 2. The van der Waals surface area contributed by atoms with Gasteiger partial charge in [-0.2, -0.15) is 0 Å². The SMILES string of the molecule is Clc1ccc(Cn2c(-c3ccc(Cl)cc3)nc(-c3ccccc3)c2-c2ccccc2)cc1. The molecule has 5 aromatic rings. The highest BCUT2D eigenvalue weighted by atomic mass is 35.5. The molecule has 0 saturated heterocycles. The number of rotatable bonds is 5. The molecular weight excluding hydrogens is 435 g/mol. The van der Waals surface area contributed by atoms with Crippen molar-refractivity contribution in [1.29, 1.82) is 0 Å². The van der Waals surface area contributed by atoms with E-state index in [0.29, 0.717) is 11.6 Å². The number of imidazole rings is 1. The van der Waals surface area contributed by atoms with E-state index >= 15 is 0 Å². The van der Waals surface area contributed by atoms with Crippen molar-refractivity contribution >= 4 is 23.2 Å². The molecule has 32 heavy (non-hydrogen) atoms. The Kier molecular flexibility index (Phi) is 5.81. The summed E-state index contributed by atoms with van der Waals surface area (Å²) in [6.45, 7) is 0.666. The first-order valence-corrected chi connectivity index (χ1v) is 11.2. The smallest absolute Gasteiger partial charge is 0.141 e. The normalized spacial score (nSPS) is 10.9. The fourth-order valence-electron chi connectivity index (χ4n) is 3.88. The average Bonchev–Trinajstić information content (AvgIpc) is 3.21. The van der Waals surface area contributed by atoms with Crippen molar-refractivity contribution in [1.82, 2.24) is 9.55 Å². The van der Waals surface area contributed by atoms with Crippen molar-refractivity contribution < 1.29 is 0 Å². The van der Waals surface area contributed by atoms with Gasteiger partial charge in [0, 0.05) is 33.3 Å². The molecule has 0 spiro atoms. The van der Waals surface area contributed by atoms with E-state index in [1.165, 1.54) is 0 Å². The van der Waals surface area contributed by atoms with Gasteiger partial charge >= 0.3 is 0 Å². The highest BCUT2D eigenvalue weighted by molar-refractivity contribution is 6.30. The molecule has 2 nitrogen and oxygen atoms in total. The Morgan fingerprint density at radius 3 is 1.69 bits per heavy atom. The van der Waals surface area contributed by atoms with Gasteiger partial charge in [0.2, 0.25) is 0 Å². The second-order valence-corrected chi connectivity index (χ2v) is 8.46. The standard InChI is InChI=1S/C28H20Cl2N2/c29-24-15-11-20(12-16-24)19-32-27(22-9-5-2-6-10-22)26(21-7-3-1-4-8-21)31-28(32)23-13-17-25(30)18-14-23/h1-18H,19H2. The van der Waals surface area contributed by atoms with Crippen LogP contribution in [-0.2, 0) is 6.54 Å². The Labute approximate surface area is 197 Å². The van der Waals surface area contributed by atoms with E-state index in [2.05, 4.69) is 53.1 Å². The van der Waals surface area contributed by atoms with Gasteiger partial charge in [0.1, 0.15) is 5.82 Å². The molecule has 4 aromatic carbocycles. The fourth-order valence-corrected chi connectivity index (χ4v) is 4.14. The van der Waals surface area contributed by atoms with Crippen LogP contribution in [0.4, 0.5) is 0 Å². The Morgan fingerprint density at radius 2 is 1.09 bits per heavy atom. The number of hydrogen-bond acceptors (Lipinski definition) is 1. The lowest BCUT2D eigenvalue weighted by molar-refractivity contribution is 0.814. The van der Waals surface area contributed by atoms with Crippen LogP contribution in [0.25, 0.3) is 33.9 Å².